The molecule has 1 aromatic carbocycles. The highest BCUT2D eigenvalue weighted by Crippen LogP contribution is 2.35. The van der Waals surface area contributed by atoms with Crippen LogP contribution in [-0.4, -0.2) is 23.2 Å². The molecular formula is C12H13F2NO2. The van der Waals surface area contributed by atoms with Gasteiger partial charge in [0.15, 0.2) is 0 Å². The van der Waals surface area contributed by atoms with E-state index in [0.29, 0.717) is 18.9 Å². The number of carbonyl (C=O) groups excluding carboxylic acids is 1. The first-order valence-electron chi connectivity index (χ1n) is 5.36. The van der Waals surface area contributed by atoms with E-state index < -0.39 is 23.1 Å². The Hall–Kier alpha value is -1.49. The van der Waals surface area contributed by atoms with Crippen molar-refractivity contribution >= 4 is 5.91 Å². The summed E-state index contributed by atoms with van der Waals surface area (Å²) < 4.78 is 26.4. The number of aliphatic hydroxyl groups excluding tert-OH is 1. The van der Waals surface area contributed by atoms with Gasteiger partial charge >= 0.3 is 0 Å². The summed E-state index contributed by atoms with van der Waals surface area (Å²) in [6.45, 7) is 1.30. The van der Waals surface area contributed by atoms with Crippen LogP contribution in [0.25, 0.3) is 0 Å². The van der Waals surface area contributed by atoms with Crippen molar-refractivity contribution in [3.63, 3.8) is 0 Å². The summed E-state index contributed by atoms with van der Waals surface area (Å²) in [6, 6.07) is 1.87. The van der Waals surface area contributed by atoms with Gasteiger partial charge in [0.25, 0.3) is 5.91 Å². The zero-order chi connectivity index (χ0) is 12.6. The normalized spacial score (nSPS) is 16.7. The number of nitrogens with one attached hydrogen (secondary N) is 1. The van der Waals surface area contributed by atoms with Crippen molar-refractivity contribution in [3.05, 3.63) is 34.9 Å². The Balaban J connectivity index is 2.22. The van der Waals surface area contributed by atoms with E-state index in [-0.39, 0.29) is 17.7 Å². The topological polar surface area (TPSA) is 49.3 Å². The van der Waals surface area contributed by atoms with E-state index >= 15 is 0 Å². The van der Waals surface area contributed by atoms with E-state index in [9.17, 15) is 13.6 Å². The summed E-state index contributed by atoms with van der Waals surface area (Å²) in [5.41, 5.74) is -0.583. The van der Waals surface area contributed by atoms with Gasteiger partial charge in [-0.2, -0.15) is 0 Å². The number of benzene rings is 1. The molecule has 0 heterocycles. The molecule has 1 saturated carbocycles. The molecule has 0 radical (unpaired) electrons. The lowest BCUT2D eigenvalue weighted by Crippen LogP contribution is -2.40. The zero-order valence-corrected chi connectivity index (χ0v) is 9.39. The molecule has 1 aromatic rings. The summed E-state index contributed by atoms with van der Waals surface area (Å²) in [4.78, 5) is 11.8. The number of aryl methyl sites for hydroxylation is 1. The van der Waals surface area contributed by atoms with Crippen molar-refractivity contribution in [3.8, 4) is 0 Å². The molecular weight excluding hydrogens is 228 g/mol. The van der Waals surface area contributed by atoms with Crippen LogP contribution >= 0.6 is 0 Å². The third-order valence-electron chi connectivity index (χ3n) is 3.03. The molecule has 3 nitrogen and oxygen atoms in total. The third kappa shape index (κ3) is 2.29. The fourth-order valence-corrected chi connectivity index (χ4v) is 1.61. The van der Waals surface area contributed by atoms with Gasteiger partial charge in [0.2, 0.25) is 0 Å². The SMILES string of the molecule is Cc1cc(C(=O)NC2(CO)CC2)c(F)cc1F. The Kier molecular flexibility index (Phi) is 2.87. The van der Waals surface area contributed by atoms with E-state index in [2.05, 4.69) is 5.32 Å². The highest BCUT2D eigenvalue weighted by Gasteiger charge is 2.43. The first-order valence-corrected chi connectivity index (χ1v) is 5.36. The molecule has 0 saturated heterocycles. The van der Waals surface area contributed by atoms with Crippen LogP contribution in [0.15, 0.2) is 12.1 Å². The quantitative estimate of drug-likeness (QED) is 0.843. The van der Waals surface area contributed by atoms with Gasteiger partial charge in [-0.25, -0.2) is 8.78 Å². The molecule has 1 aliphatic rings. The second kappa shape index (κ2) is 4.07. The molecule has 1 aliphatic carbocycles. The van der Waals surface area contributed by atoms with Gasteiger partial charge in [0.1, 0.15) is 11.6 Å². The largest absolute Gasteiger partial charge is 0.394 e. The number of rotatable bonds is 3. The first-order chi connectivity index (χ1) is 7.97. The molecule has 1 fully saturated rings. The number of amides is 1. The van der Waals surface area contributed by atoms with Crippen molar-refractivity contribution in [2.75, 3.05) is 6.61 Å². The number of hydrogen-bond acceptors (Lipinski definition) is 2. The number of hydrogen-bond donors (Lipinski definition) is 2. The van der Waals surface area contributed by atoms with Crippen molar-refractivity contribution in [2.45, 2.75) is 25.3 Å². The average Bonchev–Trinajstić information content (AvgIpc) is 3.04. The van der Waals surface area contributed by atoms with Gasteiger partial charge in [-0.05, 0) is 31.4 Å². The first kappa shape index (κ1) is 12.0. The molecule has 0 unspecified atom stereocenters. The second-order valence-corrected chi connectivity index (χ2v) is 4.47. The average molecular weight is 241 g/mol. The maximum Gasteiger partial charge on any atom is 0.254 e. The van der Waals surface area contributed by atoms with Crippen LogP contribution < -0.4 is 5.32 Å². The molecule has 1 amide bonds. The highest BCUT2D eigenvalue weighted by atomic mass is 19.1. The fraction of sp³-hybridized carbons (Fsp3) is 0.417. The molecule has 0 atom stereocenters. The van der Waals surface area contributed by atoms with E-state index in [1.54, 1.807) is 0 Å². The predicted molar refractivity (Wildman–Crippen MR) is 57.6 cm³/mol. The molecule has 0 aliphatic heterocycles. The van der Waals surface area contributed by atoms with Crippen LogP contribution in [0, 0.1) is 18.6 Å². The maximum absolute atomic E-state index is 13.4. The Morgan fingerprint density at radius 3 is 2.59 bits per heavy atom. The minimum Gasteiger partial charge on any atom is -0.394 e. The Labute approximate surface area is 97.5 Å². The summed E-state index contributed by atoms with van der Waals surface area (Å²) in [7, 11) is 0. The molecule has 0 bridgehead atoms. The van der Waals surface area contributed by atoms with E-state index in [1.807, 2.05) is 0 Å². The van der Waals surface area contributed by atoms with Crippen molar-refractivity contribution < 1.29 is 18.7 Å². The lowest BCUT2D eigenvalue weighted by molar-refractivity contribution is 0.0902. The molecule has 0 spiro atoms. The van der Waals surface area contributed by atoms with Gasteiger partial charge in [0, 0.05) is 6.07 Å². The monoisotopic (exact) mass is 241 g/mol. The zero-order valence-electron chi connectivity index (χ0n) is 9.39. The van der Waals surface area contributed by atoms with Gasteiger partial charge in [0.05, 0.1) is 17.7 Å². The molecule has 0 aromatic heterocycles. The van der Waals surface area contributed by atoms with Crippen molar-refractivity contribution in [1.82, 2.24) is 5.32 Å². The van der Waals surface area contributed by atoms with E-state index in [1.165, 1.54) is 13.0 Å². The second-order valence-electron chi connectivity index (χ2n) is 4.47. The van der Waals surface area contributed by atoms with E-state index in [0.717, 1.165) is 0 Å². The third-order valence-corrected chi connectivity index (χ3v) is 3.03. The maximum atomic E-state index is 13.4. The molecule has 5 heteroatoms. The number of aliphatic hydroxyl groups is 1. The van der Waals surface area contributed by atoms with Crippen LogP contribution in [0.5, 0.6) is 0 Å². The lowest BCUT2D eigenvalue weighted by atomic mass is 10.1. The summed E-state index contributed by atoms with van der Waals surface area (Å²) >= 11 is 0. The van der Waals surface area contributed by atoms with E-state index in [4.69, 9.17) is 5.11 Å². The van der Waals surface area contributed by atoms with Crippen LogP contribution in [0.3, 0.4) is 0 Å². The summed E-state index contributed by atoms with van der Waals surface area (Å²) in [5.74, 6) is -2.18. The minimum absolute atomic E-state index is 0.166. The van der Waals surface area contributed by atoms with Crippen LogP contribution in [0.2, 0.25) is 0 Å². The van der Waals surface area contributed by atoms with Crippen LogP contribution in [0.4, 0.5) is 8.78 Å². The van der Waals surface area contributed by atoms with Crippen molar-refractivity contribution in [2.24, 2.45) is 0 Å². The molecule has 92 valence electrons. The van der Waals surface area contributed by atoms with Gasteiger partial charge in [-0.3, -0.25) is 4.79 Å². The molecule has 17 heavy (non-hydrogen) atoms. The number of halogens is 2. The predicted octanol–water partition coefficient (Wildman–Crippen LogP) is 1.53. The van der Waals surface area contributed by atoms with Crippen LogP contribution in [-0.2, 0) is 0 Å². The standard InChI is InChI=1S/C12H13F2NO2/c1-7-4-8(10(14)5-9(7)13)11(17)15-12(6-16)2-3-12/h4-5,16H,2-3,6H2,1H3,(H,15,17). The lowest BCUT2D eigenvalue weighted by Gasteiger charge is -2.14. The number of carbonyl (C=O) groups is 1. The molecule has 2 rings (SSSR count). The molecule has 2 N–H and O–H groups in total. The smallest absolute Gasteiger partial charge is 0.254 e. The fourth-order valence-electron chi connectivity index (χ4n) is 1.61. The van der Waals surface area contributed by atoms with Gasteiger partial charge < -0.3 is 10.4 Å². The van der Waals surface area contributed by atoms with Crippen LogP contribution in [0.1, 0.15) is 28.8 Å². The van der Waals surface area contributed by atoms with Gasteiger partial charge in [-0.15, -0.1) is 0 Å². The Bertz CT molecular complexity index is 470. The highest BCUT2D eigenvalue weighted by molar-refractivity contribution is 5.95. The Morgan fingerprint density at radius 2 is 2.06 bits per heavy atom. The minimum atomic E-state index is -0.890. The van der Waals surface area contributed by atoms with Crippen molar-refractivity contribution in [1.29, 1.82) is 0 Å². The summed E-state index contributed by atoms with van der Waals surface area (Å²) in [5, 5.41) is 11.6. The Morgan fingerprint density at radius 1 is 1.41 bits per heavy atom. The summed E-state index contributed by atoms with van der Waals surface area (Å²) in [6.07, 6.45) is 1.36. The van der Waals surface area contributed by atoms with Gasteiger partial charge in [-0.1, -0.05) is 0 Å².